The maximum Gasteiger partial charge on any atom is 0.269 e. The summed E-state index contributed by atoms with van der Waals surface area (Å²) in [4.78, 5) is 12.4. The average Bonchev–Trinajstić information content (AvgIpc) is 2.93. The first-order valence-electron chi connectivity index (χ1n) is 6.92. The smallest absolute Gasteiger partial charge is 0.269 e. The van der Waals surface area contributed by atoms with E-state index in [9.17, 15) is 4.79 Å². The molecule has 0 saturated carbocycles. The Morgan fingerprint density at radius 2 is 1.91 bits per heavy atom. The van der Waals surface area contributed by atoms with Gasteiger partial charge in [-0.2, -0.15) is 5.26 Å². The number of rotatable bonds is 3. The van der Waals surface area contributed by atoms with E-state index in [1.807, 2.05) is 55.5 Å². The van der Waals surface area contributed by atoms with Gasteiger partial charge in [0, 0.05) is 11.6 Å². The Kier molecular flexibility index (Phi) is 3.63. The van der Waals surface area contributed by atoms with E-state index in [1.165, 1.54) is 4.57 Å². The molecule has 4 nitrogen and oxygen atoms in total. The molecule has 0 saturated heterocycles. The summed E-state index contributed by atoms with van der Waals surface area (Å²) in [7, 11) is 0. The molecule has 0 radical (unpaired) electrons. The monoisotopic (exact) mass is 290 g/mol. The molecule has 0 bridgehead atoms. The zero-order valence-electron chi connectivity index (χ0n) is 12.1. The van der Waals surface area contributed by atoms with Gasteiger partial charge in [0.15, 0.2) is 6.61 Å². The SMILES string of the molecule is Cc1ccccc1OCC(=O)n1cc(C#N)c2ccccc21. The number of aromatic nitrogens is 1. The minimum atomic E-state index is -0.207. The lowest BCUT2D eigenvalue weighted by molar-refractivity contribution is 0.0842. The predicted molar refractivity (Wildman–Crippen MR) is 84.0 cm³/mol. The second kappa shape index (κ2) is 5.74. The van der Waals surface area contributed by atoms with Gasteiger partial charge in [0.1, 0.15) is 11.8 Å². The Morgan fingerprint density at radius 1 is 1.18 bits per heavy atom. The van der Waals surface area contributed by atoms with Crippen LogP contribution >= 0.6 is 0 Å². The average molecular weight is 290 g/mol. The van der Waals surface area contributed by atoms with Crippen LogP contribution in [0, 0.1) is 18.3 Å². The first kappa shape index (κ1) is 13.9. The fourth-order valence-electron chi connectivity index (χ4n) is 2.40. The highest BCUT2D eigenvalue weighted by molar-refractivity contribution is 5.96. The number of carbonyl (C=O) groups excluding carboxylic acids is 1. The van der Waals surface area contributed by atoms with Crippen LogP contribution in [0.1, 0.15) is 15.9 Å². The molecule has 0 aliphatic carbocycles. The van der Waals surface area contributed by atoms with Crippen molar-refractivity contribution in [3.8, 4) is 11.8 Å². The number of carbonyl (C=O) groups is 1. The fraction of sp³-hybridized carbons (Fsp3) is 0.111. The number of aryl methyl sites for hydroxylation is 1. The van der Waals surface area contributed by atoms with Gasteiger partial charge in [-0.15, -0.1) is 0 Å². The fourth-order valence-corrected chi connectivity index (χ4v) is 2.40. The molecule has 3 rings (SSSR count). The van der Waals surface area contributed by atoms with Crippen LogP contribution in [0.25, 0.3) is 10.9 Å². The number of benzene rings is 2. The maximum atomic E-state index is 12.4. The topological polar surface area (TPSA) is 55.0 Å². The van der Waals surface area contributed by atoms with E-state index in [0.717, 1.165) is 16.5 Å². The minimum absolute atomic E-state index is 0.0750. The van der Waals surface area contributed by atoms with Gasteiger partial charge in [-0.25, -0.2) is 0 Å². The highest BCUT2D eigenvalue weighted by Gasteiger charge is 2.14. The lowest BCUT2D eigenvalue weighted by Crippen LogP contribution is -2.18. The molecule has 0 unspecified atom stereocenters. The molecule has 3 aromatic rings. The predicted octanol–water partition coefficient (Wildman–Crippen LogP) is 3.54. The minimum Gasteiger partial charge on any atom is -0.483 e. The first-order chi connectivity index (χ1) is 10.7. The van der Waals surface area contributed by atoms with E-state index in [2.05, 4.69) is 6.07 Å². The zero-order valence-corrected chi connectivity index (χ0v) is 12.1. The third kappa shape index (κ3) is 2.45. The first-order valence-corrected chi connectivity index (χ1v) is 6.92. The van der Waals surface area contributed by atoms with Crippen LogP contribution < -0.4 is 4.74 Å². The molecule has 1 aromatic heterocycles. The Balaban J connectivity index is 1.87. The van der Waals surface area contributed by atoms with Gasteiger partial charge < -0.3 is 4.74 Å². The molecule has 0 fully saturated rings. The number of nitrogens with zero attached hydrogens (tertiary/aromatic N) is 2. The molecule has 0 aliphatic rings. The summed E-state index contributed by atoms with van der Waals surface area (Å²) >= 11 is 0. The summed E-state index contributed by atoms with van der Waals surface area (Å²) in [6, 6.07) is 17.0. The number of fused-ring (bicyclic) bond motifs is 1. The second-order valence-electron chi connectivity index (χ2n) is 4.99. The molecular weight excluding hydrogens is 276 g/mol. The van der Waals surface area contributed by atoms with E-state index in [0.29, 0.717) is 11.3 Å². The zero-order chi connectivity index (χ0) is 15.5. The molecule has 0 spiro atoms. The highest BCUT2D eigenvalue weighted by atomic mass is 16.5. The summed E-state index contributed by atoms with van der Waals surface area (Å²) in [5.41, 5.74) is 2.18. The van der Waals surface area contributed by atoms with Crippen molar-refractivity contribution >= 4 is 16.8 Å². The summed E-state index contributed by atoms with van der Waals surface area (Å²) in [6.07, 6.45) is 1.56. The van der Waals surface area contributed by atoms with Crippen LogP contribution in [0.3, 0.4) is 0 Å². The third-order valence-electron chi connectivity index (χ3n) is 3.55. The standard InChI is InChI=1S/C18H14N2O2/c1-13-6-2-5-9-17(13)22-12-18(21)20-11-14(10-19)15-7-3-4-8-16(15)20/h2-9,11H,12H2,1H3. The quantitative estimate of drug-likeness (QED) is 0.741. The summed E-state index contributed by atoms with van der Waals surface area (Å²) in [6.45, 7) is 1.85. The number of hydrogen-bond donors (Lipinski definition) is 0. The van der Waals surface area contributed by atoms with Gasteiger partial charge >= 0.3 is 0 Å². The molecule has 4 heteroatoms. The van der Waals surface area contributed by atoms with Gasteiger partial charge in [-0.1, -0.05) is 36.4 Å². The number of nitriles is 1. The van der Waals surface area contributed by atoms with Gasteiger partial charge in [0.25, 0.3) is 5.91 Å². The lowest BCUT2D eigenvalue weighted by Gasteiger charge is -2.09. The number of para-hydroxylation sites is 2. The van der Waals surface area contributed by atoms with Crippen LogP contribution in [-0.2, 0) is 0 Å². The lowest BCUT2D eigenvalue weighted by atomic mass is 10.2. The van der Waals surface area contributed by atoms with Gasteiger partial charge in [-0.05, 0) is 24.6 Å². The maximum absolute atomic E-state index is 12.4. The third-order valence-corrected chi connectivity index (χ3v) is 3.55. The largest absolute Gasteiger partial charge is 0.483 e. The molecule has 0 N–H and O–H groups in total. The van der Waals surface area contributed by atoms with Crippen molar-refractivity contribution in [3.63, 3.8) is 0 Å². The van der Waals surface area contributed by atoms with Gasteiger partial charge in [0.2, 0.25) is 0 Å². The Morgan fingerprint density at radius 3 is 2.68 bits per heavy atom. The van der Waals surface area contributed by atoms with E-state index in [1.54, 1.807) is 6.20 Å². The Bertz CT molecular complexity index is 887. The van der Waals surface area contributed by atoms with Crippen molar-refractivity contribution in [1.82, 2.24) is 4.57 Å². The van der Waals surface area contributed by atoms with Crippen molar-refractivity contribution < 1.29 is 9.53 Å². The van der Waals surface area contributed by atoms with Crippen molar-refractivity contribution in [3.05, 3.63) is 65.9 Å². The Labute approximate surface area is 128 Å². The molecule has 0 aliphatic heterocycles. The molecule has 108 valence electrons. The van der Waals surface area contributed by atoms with Crippen LogP contribution in [0.4, 0.5) is 0 Å². The van der Waals surface area contributed by atoms with Gasteiger partial charge in [0.05, 0.1) is 11.1 Å². The van der Waals surface area contributed by atoms with E-state index in [-0.39, 0.29) is 12.5 Å². The molecule has 0 amide bonds. The van der Waals surface area contributed by atoms with E-state index in [4.69, 9.17) is 10.00 Å². The molecule has 22 heavy (non-hydrogen) atoms. The van der Waals surface area contributed by atoms with Crippen molar-refractivity contribution in [2.75, 3.05) is 6.61 Å². The summed E-state index contributed by atoms with van der Waals surface area (Å²) in [5, 5.41) is 9.94. The van der Waals surface area contributed by atoms with Gasteiger partial charge in [-0.3, -0.25) is 9.36 Å². The van der Waals surface area contributed by atoms with Crippen LogP contribution in [-0.4, -0.2) is 17.1 Å². The molecular formula is C18H14N2O2. The number of hydrogen-bond acceptors (Lipinski definition) is 3. The van der Waals surface area contributed by atoms with Crippen LogP contribution in [0.15, 0.2) is 54.7 Å². The van der Waals surface area contributed by atoms with Crippen molar-refractivity contribution in [2.24, 2.45) is 0 Å². The molecule has 1 heterocycles. The summed E-state index contributed by atoms with van der Waals surface area (Å²) in [5.74, 6) is 0.480. The number of ether oxygens (including phenoxy) is 1. The van der Waals surface area contributed by atoms with Crippen molar-refractivity contribution in [2.45, 2.75) is 6.92 Å². The van der Waals surface area contributed by atoms with Crippen molar-refractivity contribution in [1.29, 1.82) is 5.26 Å². The van der Waals surface area contributed by atoms with E-state index >= 15 is 0 Å². The van der Waals surface area contributed by atoms with Crippen LogP contribution in [0.5, 0.6) is 5.75 Å². The summed E-state index contributed by atoms with van der Waals surface area (Å²) < 4.78 is 7.07. The second-order valence-corrected chi connectivity index (χ2v) is 4.99. The molecule has 2 aromatic carbocycles. The Hall–Kier alpha value is -3.06. The van der Waals surface area contributed by atoms with E-state index < -0.39 is 0 Å². The van der Waals surface area contributed by atoms with Crippen LogP contribution in [0.2, 0.25) is 0 Å². The highest BCUT2D eigenvalue weighted by Crippen LogP contribution is 2.21. The normalized spacial score (nSPS) is 10.4. The molecule has 0 atom stereocenters.